The first kappa shape index (κ1) is 8.59. The molecule has 1 atom stereocenters. The standard InChI is InChI=1S/C6H13NO2/c1-3-6(4-7-9)5(2)8/h6-7,9H,3-4H2,1-2H3. The van der Waals surface area contributed by atoms with Crippen molar-refractivity contribution in [2.45, 2.75) is 20.3 Å². The molecule has 3 nitrogen and oxygen atoms in total. The molecule has 0 fully saturated rings. The van der Waals surface area contributed by atoms with E-state index in [4.69, 9.17) is 5.21 Å². The summed E-state index contributed by atoms with van der Waals surface area (Å²) in [6.45, 7) is 3.82. The van der Waals surface area contributed by atoms with E-state index >= 15 is 0 Å². The molecule has 0 radical (unpaired) electrons. The van der Waals surface area contributed by atoms with Gasteiger partial charge in [0.05, 0.1) is 0 Å². The predicted octanol–water partition coefficient (Wildman–Crippen LogP) is 0.580. The van der Waals surface area contributed by atoms with Crippen molar-refractivity contribution in [3.05, 3.63) is 0 Å². The van der Waals surface area contributed by atoms with Gasteiger partial charge in [-0.3, -0.25) is 4.79 Å². The third-order valence-electron chi connectivity index (χ3n) is 1.41. The number of ketones is 1. The van der Waals surface area contributed by atoms with Gasteiger partial charge in [-0.25, -0.2) is 5.48 Å². The van der Waals surface area contributed by atoms with Gasteiger partial charge >= 0.3 is 0 Å². The molecule has 0 aromatic carbocycles. The molecule has 0 rings (SSSR count). The summed E-state index contributed by atoms with van der Waals surface area (Å²) in [6, 6.07) is 0. The zero-order valence-electron chi connectivity index (χ0n) is 5.85. The van der Waals surface area contributed by atoms with Gasteiger partial charge in [-0.05, 0) is 13.3 Å². The van der Waals surface area contributed by atoms with E-state index in [-0.39, 0.29) is 11.7 Å². The highest BCUT2D eigenvalue weighted by Gasteiger charge is 2.09. The highest BCUT2D eigenvalue weighted by atomic mass is 16.5. The number of hydrogen-bond acceptors (Lipinski definition) is 3. The van der Waals surface area contributed by atoms with Gasteiger partial charge in [-0.15, -0.1) is 0 Å². The molecular formula is C6H13NO2. The van der Waals surface area contributed by atoms with Gasteiger partial charge in [0, 0.05) is 12.5 Å². The molecular weight excluding hydrogens is 118 g/mol. The minimum Gasteiger partial charge on any atom is -0.317 e. The van der Waals surface area contributed by atoms with E-state index in [0.717, 1.165) is 6.42 Å². The van der Waals surface area contributed by atoms with Crippen LogP contribution in [0.25, 0.3) is 0 Å². The summed E-state index contributed by atoms with van der Waals surface area (Å²) in [6.07, 6.45) is 0.781. The van der Waals surface area contributed by atoms with Gasteiger partial charge in [0.25, 0.3) is 0 Å². The molecule has 54 valence electrons. The van der Waals surface area contributed by atoms with Crippen LogP contribution in [0.15, 0.2) is 0 Å². The Morgan fingerprint density at radius 1 is 1.78 bits per heavy atom. The van der Waals surface area contributed by atoms with Crippen LogP contribution in [0.5, 0.6) is 0 Å². The van der Waals surface area contributed by atoms with E-state index in [2.05, 4.69) is 0 Å². The van der Waals surface area contributed by atoms with Crippen molar-refractivity contribution in [1.82, 2.24) is 5.48 Å². The van der Waals surface area contributed by atoms with Gasteiger partial charge in [-0.2, -0.15) is 0 Å². The summed E-state index contributed by atoms with van der Waals surface area (Å²) < 4.78 is 0. The second-order valence-corrected chi connectivity index (χ2v) is 2.08. The molecule has 1 unspecified atom stereocenters. The Balaban J connectivity index is 3.54. The Morgan fingerprint density at radius 2 is 2.33 bits per heavy atom. The van der Waals surface area contributed by atoms with Crippen LogP contribution in [0.4, 0.5) is 0 Å². The quantitative estimate of drug-likeness (QED) is 0.549. The first-order valence-electron chi connectivity index (χ1n) is 3.09. The molecule has 0 amide bonds. The maximum absolute atomic E-state index is 10.6. The number of hydrogen-bond donors (Lipinski definition) is 2. The Morgan fingerprint density at radius 3 is 2.44 bits per heavy atom. The lowest BCUT2D eigenvalue weighted by Crippen LogP contribution is -2.24. The van der Waals surface area contributed by atoms with E-state index in [1.54, 1.807) is 0 Å². The van der Waals surface area contributed by atoms with Crippen molar-refractivity contribution in [3.63, 3.8) is 0 Å². The molecule has 0 aliphatic heterocycles. The molecule has 0 heterocycles. The lowest BCUT2D eigenvalue weighted by molar-refractivity contribution is -0.121. The number of nitrogens with one attached hydrogen (secondary N) is 1. The number of carbonyl (C=O) groups is 1. The van der Waals surface area contributed by atoms with Gasteiger partial charge < -0.3 is 5.21 Å². The molecule has 2 N–H and O–H groups in total. The number of carbonyl (C=O) groups excluding carboxylic acids is 1. The molecule has 0 bridgehead atoms. The fourth-order valence-corrected chi connectivity index (χ4v) is 0.686. The van der Waals surface area contributed by atoms with Crippen LogP contribution >= 0.6 is 0 Å². The zero-order valence-corrected chi connectivity index (χ0v) is 5.85. The SMILES string of the molecule is CCC(CNO)C(C)=O. The fourth-order valence-electron chi connectivity index (χ4n) is 0.686. The van der Waals surface area contributed by atoms with Crippen LogP contribution in [0.2, 0.25) is 0 Å². The highest BCUT2D eigenvalue weighted by Crippen LogP contribution is 2.00. The minimum absolute atomic E-state index is 0.0324. The highest BCUT2D eigenvalue weighted by molar-refractivity contribution is 5.78. The molecule has 0 aromatic rings. The Bertz CT molecular complexity index is 93.1. The molecule has 0 aliphatic rings. The lowest BCUT2D eigenvalue weighted by atomic mass is 10.0. The van der Waals surface area contributed by atoms with Crippen LogP contribution in [0.1, 0.15) is 20.3 Å². The molecule has 0 aromatic heterocycles. The molecule has 0 spiro atoms. The van der Waals surface area contributed by atoms with E-state index < -0.39 is 0 Å². The fraction of sp³-hybridized carbons (Fsp3) is 0.833. The first-order valence-corrected chi connectivity index (χ1v) is 3.09. The second-order valence-electron chi connectivity index (χ2n) is 2.08. The van der Waals surface area contributed by atoms with Gasteiger partial charge in [0.15, 0.2) is 0 Å². The first-order chi connectivity index (χ1) is 4.22. The summed E-state index contributed by atoms with van der Waals surface area (Å²) in [5.41, 5.74) is 1.98. The molecule has 0 aliphatic carbocycles. The third kappa shape index (κ3) is 3.21. The van der Waals surface area contributed by atoms with Crippen molar-refractivity contribution < 1.29 is 10.0 Å². The third-order valence-corrected chi connectivity index (χ3v) is 1.41. The van der Waals surface area contributed by atoms with Gasteiger partial charge in [0.2, 0.25) is 0 Å². The molecule has 9 heavy (non-hydrogen) atoms. The van der Waals surface area contributed by atoms with Crippen LogP contribution in [-0.4, -0.2) is 17.5 Å². The summed E-state index contributed by atoms with van der Waals surface area (Å²) in [7, 11) is 0. The summed E-state index contributed by atoms with van der Waals surface area (Å²) in [5, 5.41) is 8.21. The van der Waals surface area contributed by atoms with Crippen molar-refractivity contribution in [2.75, 3.05) is 6.54 Å². The summed E-state index contributed by atoms with van der Waals surface area (Å²) in [5.74, 6) is 0.0917. The Hall–Kier alpha value is -0.410. The van der Waals surface area contributed by atoms with Gasteiger partial charge in [-0.1, -0.05) is 6.92 Å². The maximum atomic E-state index is 10.6. The predicted molar refractivity (Wildman–Crippen MR) is 34.3 cm³/mol. The number of Topliss-reactive ketones (excluding diaryl/α,β-unsaturated/α-hetero) is 1. The second kappa shape index (κ2) is 4.47. The van der Waals surface area contributed by atoms with Crippen LogP contribution < -0.4 is 5.48 Å². The normalized spacial score (nSPS) is 13.2. The lowest BCUT2D eigenvalue weighted by Gasteiger charge is -2.07. The minimum atomic E-state index is -0.0324. The summed E-state index contributed by atoms with van der Waals surface area (Å²) >= 11 is 0. The van der Waals surface area contributed by atoms with Crippen molar-refractivity contribution in [1.29, 1.82) is 0 Å². The van der Waals surface area contributed by atoms with E-state index in [1.165, 1.54) is 6.92 Å². The topological polar surface area (TPSA) is 49.3 Å². The average Bonchev–Trinajstić information content (AvgIpc) is 1.82. The van der Waals surface area contributed by atoms with E-state index in [9.17, 15) is 4.79 Å². The van der Waals surface area contributed by atoms with Gasteiger partial charge in [0.1, 0.15) is 5.78 Å². The number of hydroxylamine groups is 1. The molecule has 0 saturated heterocycles. The van der Waals surface area contributed by atoms with Crippen LogP contribution in [0, 0.1) is 5.92 Å². The monoisotopic (exact) mass is 131 g/mol. The average molecular weight is 131 g/mol. The van der Waals surface area contributed by atoms with Crippen LogP contribution in [-0.2, 0) is 4.79 Å². The number of rotatable bonds is 4. The van der Waals surface area contributed by atoms with Crippen molar-refractivity contribution >= 4 is 5.78 Å². The molecule has 0 saturated carbocycles. The Labute approximate surface area is 55.0 Å². The molecule has 3 heteroatoms. The maximum Gasteiger partial charge on any atom is 0.134 e. The zero-order chi connectivity index (χ0) is 7.28. The van der Waals surface area contributed by atoms with E-state index in [1.807, 2.05) is 12.4 Å². The smallest absolute Gasteiger partial charge is 0.134 e. The van der Waals surface area contributed by atoms with Crippen molar-refractivity contribution in [2.24, 2.45) is 5.92 Å². The van der Waals surface area contributed by atoms with Crippen LogP contribution in [0.3, 0.4) is 0 Å². The largest absolute Gasteiger partial charge is 0.317 e. The van der Waals surface area contributed by atoms with Crippen molar-refractivity contribution in [3.8, 4) is 0 Å². The summed E-state index contributed by atoms with van der Waals surface area (Å²) in [4.78, 5) is 10.6. The van der Waals surface area contributed by atoms with E-state index in [0.29, 0.717) is 6.54 Å². The Kier molecular flexibility index (Phi) is 4.26.